The highest BCUT2D eigenvalue weighted by atomic mass is 79.9. The van der Waals surface area contributed by atoms with Gasteiger partial charge in [0.2, 0.25) is 11.7 Å². The summed E-state index contributed by atoms with van der Waals surface area (Å²) >= 11 is 4.78. The molecule has 3 aromatic rings. The molecule has 4 rings (SSSR count). The lowest BCUT2D eigenvalue weighted by molar-refractivity contribution is -0.130. The van der Waals surface area contributed by atoms with Crippen LogP contribution in [0.3, 0.4) is 0 Å². The maximum atomic E-state index is 12.7. The first-order chi connectivity index (χ1) is 14.1. The summed E-state index contributed by atoms with van der Waals surface area (Å²) in [5.41, 5.74) is 1.14. The fraction of sp³-hybridized carbons (Fsp3) is 0.381. The number of hydrogen-bond acceptors (Lipinski definition) is 5. The Kier molecular flexibility index (Phi) is 6.40. The number of piperidine rings is 1. The Balaban J connectivity index is 1.54. The lowest BCUT2D eigenvalue weighted by Gasteiger charge is -2.30. The number of likely N-dealkylation sites (tertiary alicyclic amines) is 1. The van der Waals surface area contributed by atoms with Crippen LogP contribution in [-0.4, -0.2) is 44.4 Å². The van der Waals surface area contributed by atoms with Crippen LogP contribution >= 0.6 is 27.7 Å². The van der Waals surface area contributed by atoms with Crippen molar-refractivity contribution < 1.29 is 9.21 Å². The summed E-state index contributed by atoms with van der Waals surface area (Å²) in [5.74, 6) is 2.40. The largest absolute Gasteiger partial charge is 0.446 e. The van der Waals surface area contributed by atoms with Crippen LogP contribution in [0.2, 0.25) is 0 Å². The average Bonchev–Trinajstić information content (AvgIpc) is 3.33. The second kappa shape index (κ2) is 9.17. The van der Waals surface area contributed by atoms with Crippen LogP contribution in [0.15, 0.2) is 56.7 Å². The molecule has 1 saturated heterocycles. The summed E-state index contributed by atoms with van der Waals surface area (Å²) in [7, 11) is 0. The Bertz CT molecular complexity index is 972. The first kappa shape index (κ1) is 20.2. The molecule has 3 heterocycles. The number of nitrogens with zero attached hydrogens (tertiary/aromatic N) is 4. The van der Waals surface area contributed by atoms with Gasteiger partial charge in [0.05, 0.1) is 12.3 Å². The van der Waals surface area contributed by atoms with Gasteiger partial charge < -0.3 is 9.32 Å². The van der Waals surface area contributed by atoms with E-state index in [4.69, 9.17) is 4.42 Å². The van der Waals surface area contributed by atoms with Gasteiger partial charge in [-0.3, -0.25) is 9.36 Å². The van der Waals surface area contributed by atoms with Gasteiger partial charge in [0, 0.05) is 13.1 Å². The molecule has 0 aliphatic carbocycles. The molecule has 1 aliphatic heterocycles. The van der Waals surface area contributed by atoms with Crippen molar-refractivity contribution >= 4 is 33.6 Å². The number of hydrogen-bond donors (Lipinski definition) is 0. The predicted molar refractivity (Wildman–Crippen MR) is 117 cm³/mol. The third-order valence-corrected chi connectivity index (χ3v) is 6.41. The van der Waals surface area contributed by atoms with E-state index in [-0.39, 0.29) is 5.91 Å². The number of furan rings is 1. The highest BCUT2D eigenvalue weighted by Gasteiger charge is 2.23. The van der Waals surface area contributed by atoms with E-state index in [2.05, 4.69) is 45.2 Å². The molecule has 0 N–H and O–H groups in total. The van der Waals surface area contributed by atoms with E-state index in [1.54, 1.807) is 0 Å². The van der Waals surface area contributed by atoms with Crippen LogP contribution in [0.4, 0.5) is 0 Å². The zero-order valence-corrected chi connectivity index (χ0v) is 18.7. The van der Waals surface area contributed by atoms with Crippen molar-refractivity contribution in [3.8, 4) is 11.6 Å². The zero-order chi connectivity index (χ0) is 20.2. The predicted octanol–water partition coefficient (Wildman–Crippen LogP) is 4.70. The van der Waals surface area contributed by atoms with Crippen LogP contribution in [0.25, 0.3) is 11.6 Å². The molecule has 1 amide bonds. The van der Waals surface area contributed by atoms with E-state index in [0.717, 1.165) is 30.2 Å². The van der Waals surface area contributed by atoms with Crippen molar-refractivity contribution in [1.82, 2.24) is 19.7 Å². The Morgan fingerprint density at radius 2 is 2.07 bits per heavy atom. The molecule has 1 fully saturated rings. The number of benzene rings is 1. The number of aromatic nitrogens is 3. The molecule has 1 aliphatic rings. The van der Waals surface area contributed by atoms with Gasteiger partial charge in [-0.15, -0.1) is 10.2 Å². The Morgan fingerprint density at radius 1 is 1.24 bits per heavy atom. The zero-order valence-electron chi connectivity index (χ0n) is 16.3. The van der Waals surface area contributed by atoms with Gasteiger partial charge in [0.15, 0.2) is 15.6 Å². The standard InChI is InChI=1S/C21H23BrN4O2S/c1-15-6-5-11-25(12-15)19(27)14-29-21-24-23-20(17-9-10-18(22)28-17)26(21)13-16-7-3-2-4-8-16/h2-4,7-10,15H,5-6,11-14H2,1H3. The van der Waals surface area contributed by atoms with Gasteiger partial charge in [-0.05, 0) is 52.4 Å². The van der Waals surface area contributed by atoms with Crippen molar-refractivity contribution in [2.45, 2.75) is 31.5 Å². The van der Waals surface area contributed by atoms with Gasteiger partial charge in [0.25, 0.3) is 0 Å². The third-order valence-electron chi connectivity index (χ3n) is 5.03. The first-order valence-corrected chi connectivity index (χ1v) is 11.5. The van der Waals surface area contributed by atoms with Gasteiger partial charge in [-0.1, -0.05) is 49.0 Å². The third kappa shape index (κ3) is 4.93. The summed E-state index contributed by atoms with van der Waals surface area (Å²) in [6.07, 6.45) is 2.28. The number of amides is 1. The second-order valence-electron chi connectivity index (χ2n) is 7.36. The first-order valence-electron chi connectivity index (χ1n) is 9.73. The van der Waals surface area contributed by atoms with Gasteiger partial charge in [0.1, 0.15) is 0 Å². The molecule has 1 unspecified atom stereocenters. The van der Waals surface area contributed by atoms with Gasteiger partial charge in [-0.2, -0.15) is 0 Å². The summed E-state index contributed by atoms with van der Waals surface area (Å²) in [6, 6.07) is 13.9. The number of carbonyl (C=O) groups is 1. The van der Waals surface area contributed by atoms with Crippen LogP contribution in [-0.2, 0) is 11.3 Å². The molecular weight excluding hydrogens is 452 g/mol. The normalized spacial score (nSPS) is 16.9. The monoisotopic (exact) mass is 474 g/mol. The number of rotatable bonds is 6. The quantitative estimate of drug-likeness (QED) is 0.484. The van der Waals surface area contributed by atoms with Crippen molar-refractivity contribution in [3.63, 3.8) is 0 Å². The molecular formula is C21H23BrN4O2S. The topological polar surface area (TPSA) is 64.2 Å². The van der Waals surface area contributed by atoms with E-state index in [1.807, 2.05) is 39.8 Å². The smallest absolute Gasteiger partial charge is 0.233 e. The van der Waals surface area contributed by atoms with E-state index in [0.29, 0.717) is 34.5 Å². The molecule has 6 nitrogen and oxygen atoms in total. The molecule has 2 aromatic heterocycles. The van der Waals surface area contributed by atoms with Crippen molar-refractivity contribution in [2.75, 3.05) is 18.8 Å². The Hall–Kier alpha value is -2.06. The molecule has 0 radical (unpaired) electrons. The number of halogens is 1. The summed E-state index contributed by atoms with van der Waals surface area (Å²) in [6.45, 7) is 4.52. The lowest BCUT2D eigenvalue weighted by atomic mass is 10.0. The maximum Gasteiger partial charge on any atom is 0.233 e. The van der Waals surface area contributed by atoms with E-state index in [1.165, 1.54) is 18.2 Å². The highest BCUT2D eigenvalue weighted by molar-refractivity contribution is 9.10. The lowest BCUT2D eigenvalue weighted by Crippen LogP contribution is -2.40. The molecule has 29 heavy (non-hydrogen) atoms. The van der Waals surface area contributed by atoms with Crippen molar-refractivity contribution in [1.29, 1.82) is 0 Å². The SMILES string of the molecule is CC1CCCN(C(=O)CSc2nnc(-c3ccc(Br)o3)n2Cc2ccccc2)C1. The molecule has 1 atom stereocenters. The summed E-state index contributed by atoms with van der Waals surface area (Å²) in [4.78, 5) is 14.7. The van der Waals surface area contributed by atoms with Crippen LogP contribution in [0, 0.1) is 5.92 Å². The molecule has 1 aromatic carbocycles. The van der Waals surface area contributed by atoms with Gasteiger partial charge in [-0.25, -0.2) is 0 Å². The minimum absolute atomic E-state index is 0.165. The molecule has 0 spiro atoms. The van der Waals surface area contributed by atoms with Gasteiger partial charge >= 0.3 is 0 Å². The summed E-state index contributed by atoms with van der Waals surface area (Å²) in [5, 5.41) is 9.43. The fourth-order valence-corrected chi connectivity index (χ4v) is 4.70. The Labute approximate surface area is 182 Å². The molecule has 0 saturated carbocycles. The number of thioether (sulfide) groups is 1. The minimum atomic E-state index is 0.165. The fourth-order valence-electron chi connectivity index (χ4n) is 3.55. The average molecular weight is 475 g/mol. The molecule has 152 valence electrons. The van der Waals surface area contributed by atoms with Crippen molar-refractivity contribution in [3.05, 3.63) is 52.7 Å². The highest BCUT2D eigenvalue weighted by Crippen LogP contribution is 2.28. The Morgan fingerprint density at radius 3 is 2.79 bits per heavy atom. The molecule has 8 heteroatoms. The van der Waals surface area contributed by atoms with E-state index >= 15 is 0 Å². The number of carbonyl (C=O) groups excluding carboxylic acids is 1. The van der Waals surface area contributed by atoms with Crippen LogP contribution < -0.4 is 0 Å². The molecule has 0 bridgehead atoms. The minimum Gasteiger partial charge on any atom is -0.446 e. The van der Waals surface area contributed by atoms with Crippen LogP contribution in [0.5, 0.6) is 0 Å². The van der Waals surface area contributed by atoms with Crippen LogP contribution in [0.1, 0.15) is 25.3 Å². The second-order valence-corrected chi connectivity index (χ2v) is 9.08. The van der Waals surface area contributed by atoms with Crippen molar-refractivity contribution in [2.24, 2.45) is 5.92 Å². The summed E-state index contributed by atoms with van der Waals surface area (Å²) < 4.78 is 8.36. The van der Waals surface area contributed by atoms with E-state index < -0.39 is 0 Å². The maximum absolute atomic E-state index is 12.7. The van der Waals surface area contributed by atoms with E-state index in [9.17, 15) is 4.79 Å².